The van der Waals surface area contributed by atoms with Gasteiger partial charge in [-0.25, -0.2) is 0 Å². The van der Waals surface area contributed by atoms with Gasteiger partial charge in [-0.05, 0) is 36.1 Å². The fourth-order valence-corrected chi connectivity index (χ4v) is 1.87. The smallest absolute Gasteiger partial charge is 0.262 e. The Morgan fingerprint density at radius 3 is 2.60 bits per heavy atom. The molecule has 0 bridgehead atoms. The molecule has 0 radical (unpaired) electrons. The number of aryl methyl sites for hydroxylation is 1. The largest absolute Gasteiger partial charge is 0.373 e. The predicted octanol–water partition coefficient (Wildman–Crippen LogP) is 2.54. The van der Waals surface area contributed by atoms with Crippen molar-refractivity contribution < 1.29 is 9.59 Å². The van der Waals surface area contributed by atoms with Crippen molar-refractivity contribution >= 4 is 17.5 Å². The van der Waals surface area contributed by atoms with E-state index in [0.29, 0.717) is 0 Å². The van der Waals surface area contributed by atoms with Crippen molar-refractivity contribution in [3.63, 3.8) is 0 Å². The third-order valence-electron chi connectivity index (χ3n) is 1.70. The van der Waals surface area contributed by atoms with E-state index >= 15 is 0 Å². The Bertz CT molecular complexity index is 445. The topological polar surface area (TPSA) is 47.0 Å². The van der Waals surface area contributed by atoms with E-state index in [9.17, 15) is 0 Å². The van der Waals surface area contributed by atoms with Crippen LogP contribution in [0, 0.1) is 6.92 Å². The van der Waals surface area contributed by atoms with Crippen LogP contribution in [0.4, 0.5) is 0 Å². The quantitative estimate of drug-likeness (QED) is 0.740. The highest BCUT2D eigenvalue weighted by molar-refractivity contribution is 7.13. The van der Waals surface area contributed by atoms with Gasteiger partial charge in [0, 0.05) is 16.8 Å². The van der Waals surface area contributed by atoms with Crippen molar-refractivity contribution in [2.24, 2.45) is 0 Å². The predicted molar refractivity (Wildman–Crippen MR) is 57.3 cm³/mol. The van der Waals surface area contributed by atoms with Crippen LogP contribution < -0.4 is 0 Å². The van der Waals surface area contributed by atoms with Crippen molar-refractivity contribution in [1.29, 1.82) is 0 Å². The Kier molecular flexibility index (Phi) is 4.41. The Labute approximate surface area is 91.4 Å². The Morgan fingerprint density at radius 2 is 2.07 bits per heavy atom. The normalized spacial score (nSPS) is 8.60. The summed E-state index contributed by atoms with van der Waals surface area (Å²) in [4.78, 5) is 21.7. The van der Waals surface area contributed by atoms with Gasteiger partial charge in [-0.2, -0.15) is 9.59 Å². The molecule has 0 unspecified atom stereocenters. The van der Waals surface area contributed by atoms with Gasteiger partial charge in [-0.15, -0.1) is 11.3 Å². The molecule has 2 aromatic heterocycles. The highest BCUT2D eigenvalue weighted by Gasteiger charge is 1.97. The molecule has 2 aromatic rings. The van der Waals surface area contributed by atoms with E-state index in [0.717, 1.165) is 5.69 Å². The van der Waals surface area contributed by atoms with Crippen molar-refractivity contribution in [2.45, 2.75) is 6.92 Å². The summed E-state index contributed by atoms with van der Waals surface area (Å²) in [6.07, 6.45) is 2.10. The van der Waals surface area contributed by atoms with Crippen LogP contribution in [0.15, 0.2) is 35.8 Å². The molecule has 0 amide bonds. The van der Waals surface area contributed by atoms with Crippen LogP contribution in [0.25, 0.3) is 10.4 Å². The maximum Gasteiger partial charge on any atom is 0.373 e. The monoisotopic (exact) mass is 219 g/mol. The fraction of sp³-hybridized carbons (Fsp3) is 0.0909. The summed E-state index contributed by atoms with van der Waals surface area (Å²) in [5.41, 5.74) is 2.33. The molecule has 0 fully saturated rings. The van der Waals surface area contributed by atoms with Gasteiger partial charge in [-0.1, -0.05) is 6.07 Å². The van der Waals surface area contributed by atoms with Gasteiger partial charge in [0.15, 0.2) is 0 Å². The first kappa shape index (κ1) is 11.3. The fourth-order valence-electron chi connectivity index (χ4n) is 1.14. The molecule has 0 aliphatic carbocycles. The second-order valence-corrected chi connectivity index (χ2v) is 3.69. The van der Waals surface area contributed by atoms with Gasteiger partial charge in [0.2, 0.25) is 0 Å². The van der Waals surface area contributed by atoms with Crippen LogP contribution in [0.3, 0.4) is 0 Å². The second-order valence-electron chi connectivity index (χ2n) is 2.75. The third kappa shape index (κ3) is 3.46. The van der Waals surface area contributed by atoms with Crippen molar-refractivity contribution in [1.82, 2.24) is 4.98 Å². The molecule has 4 heteroatoms. The number of hydrogen-bond acceptors (Lipinski definition) is 4. The van der Waals surface area contributed by atoms with E-state index in [1.165, 1.54) is 10.4 Å². The third-order valence-corrected chi connectivity index (χ3v) is 2.62. The summed E-state index contributed by atoms with van der Waals surface area (Å²) in [5, 5.41) is 2.09. The summed E-state index contributed by atoms with van der Waals surface area (Å²) in [6, 6.07) is 8.33. The van der Waals surface area contributed by atoms with Crippen molar-refractivity contribution in [2.75, 3.05) is 0 Å². The zero-order valence-electron chi connectivity index (χ0n) is 8.14. The lowest BCUT2D eigenvalue weighted by molar-refractivity contribution is -0.191. The molecule has 0 aliphatic rings. The first-order chi connectivity index (χ1) is 7.27. The van der Waals surface area contributed by atoms with E-state index in [4.69, 9.17) is 9.59 Å². The average molecular weight is 219 g/mol. The van der Waals surface area contributed by atoms with Gasteiger partial charge in [0.25, 0.3) is 0 Å². The summed E-state index contributed by atoms with van der Waals surface area (Å²) in [6.45, 7) is 2.01. The summed E-state index contributed by atoms with van der Waals surface area (Å²) >= 11 is 1.76. The summed E-state index contributed by atoms with van der Waals surface area (Å²) in [7, 11) is 0. The minimum Gasteiger partial charge on any atom is -0.262 e. The molecule has 0 saturated heterocycles. The standard InChI is InChI=1S/C10H9NS.CO2/c1-8-7-9(4-5-11-8)10-3-2-6-12-10;2-1-3/h2-7H,1H3;. The van der Waals surface area contributed by atoms with Crippen molar-refractivity contribution in [3.05, 3.63) is 41.5 Å². The molecule has 0 atom stereocenters. The molecule has 0 aromatic carbocycles. The Morgan fingerprint density at radius 1 is 1.33 bits per heavy atom. The molecule has 0 spiro atoms. The van der Waals surface area contributed by atoms with E-state index in [2.05, 4.69) is 28.6 Å². The van der Waals surface area contributed by atoms with Crippen molar-refractivity contribution in [3.8, 4) is 10.4 Å². The molecule has 3 nitrogen and oxygen atoms in total. The lowest BCUT2D eigenvalue weighted by Crippen LogP contribution is -1.79. The van der Waals surface area contributed by atoms with Crippen LogP contribution in [0.1, 0.15) is 5.69 Å². The molecule has 15 heavy (non-hydrogen) atoms. The second kappa shape index (κ2) is 5.86. The van der Waals surface area contributed by atoms with E-state index < -0.39 is 0 Å². The SMILES string of the molecule is Cc1cc(-c2cccs2)ccn1.O=C=O. The average Bonchev–Trinajstić information content (AvgIpc) is 2.71. The lowest BCUT2D eigenvalue weighted by Gasteiger charge is -1.96. The molecular formula is C11H9NO2S. The maximum atomic E-state index is 8.12. The minimum absolute atomic E-state index is 0.250. The zero-order chi connectivity index (χ0) is 11.1. The molecule has 2 heterocycles. The van der Waals surface area contributed by atoms with Crippen LogP contribution >= 0.6 is 11.3 Å². The number of pyridine rings is 1. The Hall–Kier alpha value is -1.77. The first-order valence-electron chi connectivity index (χ1n) is 4.23. The zero-order valence-corrected chi connectivity index (χ0v) is 8.95. The van der Waals surface area contributed by atoms with Crippen LogP contribution in [0.2, 0.25) is 0 Å². The molecular weight excluding hydrogens is 210 g/mol. The van der Waals surface area contributed by atoms with Crippen LogP contribution in [-0.4, -0.2) is 11.1 Å². The number of carbonyl (C=O) groups excluding carboxylic acids is 2. The van der Waals surface area contributed by atoms with E-state index in [-0.39, 0.29) is 6.15 Å². The Balaban J connectivity index is 0.000000337. The maximum absolute atomic E-state index is 8.12. The molecule has 0 N–H and O–H groups in total. The number of hydrogen-bond donors (Lipinski definition) is 0. The van der Waals surface area contributed by atoms with Gasteiger partial charge >= 0.3 is 6.15 Å². The summed E-state index contributed by atoms with van der Waals surface area (Å²) < 4.78 is 0. The van der Waals surface area contributed by atoms with Gasteiger partial charge in [0.1, 0.15) is 0 Å². The molecule has 76 valence electrons. The van der Waals surface area contributed by atoms with E-state index in [1.54, 1.807) is 11.3 Å². The minimum atomic E-state index is 0.250. The highest BCUT2D eigenvalue weighted by atomic mass is 32.1. The van der Waals surface area contributed by atoms with E-state index in [1.807, 2.05) is 19.2 Å². The molecule has 0 saturated carbocycles. The highest BCUT2D eigenvalue weighted by Crippen LogP contribution is 2.23. The van der Waals surface area contributed by atoms with Gasteiger partial charge in [0.05, 0.1) is 0 Å². The number of nitrogens with zero attached hydrogens (tertiary/aromatic N) is 1. The number of aromatic nitrogens is 1. The molecule has 0 aliphatic heterocycles. The molecule has 2 rings (SSSR count). The van der Waals surface area contributed by atoms with Crippen LogP contribution in [-0.2, 0) is 9.59 Å². The number of rotatable bonds is 1. The summed E-state index contributed by atoms with van der Waals surface area (Å²) in [5.74, 6) is 0. The lowest BCUT2D eigenvalue weighted by atomic mass is 10.2. The number of thiophene rings is 1. The first-order valence-corrected chi connectivity index (χ1v) is 5.11. The van der Waals surface area contributed by atoms with Gasteiger partial charge in [-0.3, -0.25) is 4.98 Å². The van der Waals surface area contributed by atoms with Crippen LogP contribution in [0.5, 0.6) is 0 Å². The van der Waals surface area contributed by atoms with Gasteiger partial charge < -0.3 is 0 Å².